The van der Waals surface area contributed by atoms with E-state index >= 15 is 0 Å². The molecule has 0 amide bonds. The van der Waals surface area contributed by atoms with Crippen LogP contribution >= 0.6 is 34.8 Å². The van der Waals surface area contributed by atoms with Crippen molar-refractivity contribution in [2.45, 2.75) is 36.6 Å². The molecule has 0 bridgehead atoms. The molecule has 1 heterocycles. The van der Waals surface area contributed by atoms with Gasteiger partial charge in [0.2, 0.25) is 0 Å². The maximum atomic E-state index is 6.56. The van der Waals surface area contributed by atoms with E-state index in [1.807, 2.05) is 30.3 Å². The smallest absolute Gasteiger partial charge is 0.129 e. The second kappa shape index (κ2) is 8.62. The van der Waals surface area contributed by atoms with Gasteiger partial charge in [0, 0.05) is 21.7 Å². The topological polar surface area (TPSA) is 22.4 Å². The molecule has 1 saturated carbocycles. The SMILES string of the molecule is Clc1ccccc1CC[C@H]1C(Cl)CC(Cl)[C@@H]1COCc1ccco1. The number of halogens is 3. The quantitative estimate of drug-likeness (QED) is 0.549. The Morgan fingerprint density at radius 2 is 1.83 bits per heavy atom. The van der Waals surface area contributed by atoms with Crippen LogP contribution in [0.1, 0.15) is 24.2 Å². The third-order valence-corrected chi connectivity index (χ3v) is 6.14. The van der Waals surface area contributed by atoms with Crippen molar-refractivity contribution in [3.63, 3.8) is 0 Å². The van der Waals surface area contributed by atoms with Gasteiger partial charge in [0.1, 0.15) is 12.4 Å². The summed E-state index contributed by atoms with van der Waals surface area (Å²) in [6.07, 6.45) is 4.35. The fraction of sp³-hybridized carbons (Fsp3) is 0.474. The van der Waals surface area contributed by atoms with Gasteiger partial charge in [0.25, 0.3) is 0 Å². The number of hydrogen-bond acceptors (Lipinski definition) is 2. The zero-order valence-electron chi connectivity index (χ0n) is 13.3. The Morgan fingerprint density at radius 1 is 1.04 bits per heavy atom. The van der Waals surface area contributed by atoms with Crippen molar-refractivity contribution in [1.82, 2.24) is 0 Å². The zero-order valence-corrected chi connectivity index (χ0v) is 15.6. The molecule has 5 heteroatoms. The van der Waals surface area contributed by atoms with Crippen LogP contribution in [0.25, 0.3) is 0 Å². The number of rotatable bonds is 7. The number of benzene rings is 1. The lowest BCUT2D eigenvalue weighted by molar-refractivity contribution is 0.0638. The lowest BCUT2D eigenvalue weighted by Gasteiger charge is -2.23. The first-order chi connectivity index (χ1) is 11.6. The van der Waals surface area contributed by atoms with Crippen LogP contribution in [-0.4, -0.2) is 17.4 Å². The van der Waals surface area contributed by atoms with Crippen molar-refractivity contribution in [2.75, 3.05) is 6.61 Å². The number of furan rings is 1. The third kappa shape index (κ3) is 4.49. The molecule has 1 aromatic carbocycles. The second-order valence-corrected chi connectivity index (χ2v) is 7.85. The van der Waals surface area contributed by atoms with E-state index in [2.05, 4.69) is 6.07 Å². The number of alkyl halides is 2. The summed E-state index contributed by atoms with van der Waals surface area (Å²) in [4.78, 5) is 0. The van der Waals surface area contributed by atoms with E-state index in [4.69, 9.17) is 44.0 Å². The predicted octanol–water partition coefficient (Wildman–Crippen LogP) is 5.93. The minimum absolute atomic E-state index is 0.0559. The molecule has 0 aliphatic heterocycles. The summed E-state index contributed by atoms with van der Waals surface area (Å²) in [5, 5.41) is 0.960. The molecular weight excluding hydrogens is 367 g/mol. The predicted molar refractivity (Wildman–Crippen MR) is 99.0 cm³/mol. The lowest BCUT2D eigenvalue weighted by atomic mass is 9.90. The number of ether oxygens (including phenoxy) is 1. The molecule has 0 spiro atoms. The van der Waals surface area contributed by atoms with Gasteiger partial charge in [-0.3, -0.25) is 0 Å². The van der Waals surface area contributed by atoms with Crippen LogP contribution < -0.4 is 0 Å². The molecule has 0 saturated heterocycles. The van der Waals surface area contributed by atoms with Crippen molar-refractivity contribution in [3.8, 4) is 0 Å². The van der Waals surface area contributed by atoms with Gasteiger partial charge in [0.05, 0.1) is 12.9 Å². The summed E-state index contributed by atoms with van der Waals surface area (Å²) < 4.78 is 11.1. The Labute approximate surface area is 158 Å². The van der Waals surface area contributed by atoms with Crippen LogP contribution in [-0.2, 0) is 17.8 Å². The third-order valence-electron chi connectivity index (χ3n) is 4.77. The number of hydrogen-bond donors (Lipinski definition) is 0. The highest BCUT2D eigenvalue weighted by Gasteiger charge is 2.41. The normalized spacial score (nSPS) is 26.8. The van der Waals surface area contributed by atoms with Gasteiger partial charge in [-0.25, -0.2) is 0 Å². The summed E-state index contributed by atoms with van der Waals surface area (Å²) in [6.45, 7) is 1.07. The summed E-state index contributed by atoms with van der Waals surface area (Å²) in [5.74, 6) is 1.42. The van der Waals surface area contributed by atoms with E-state index in [0.717, 1.165) is 35.6 Å². The average molecular weight is 388 g/mol. The van der Waals surface area contributed by atoms with Crippen molar-refractivity contribution in [1.29, 1.82) is 0 Å². The van der Waals surface area contributed by atoms with E-state index in [1.54, 1.807) is 6.26 Å². The lowest BCUT2D eigenvalue weighted by Crippen LogP contribution is -2.24. The summed E-state index contributed by atoms with van der Waals surface area (Å²) >= 11 is 19.3. The van der Waals surface area contributed by atoms with Gasteiger partial charge in [-0.05, 0) is 48.9 Å². The molecule has 0 radical (unpaired) electrons. The second-order valence-electron chi connectivity index (χ2n) is 6.32. The van der Waals surface area contributed by atoms with Gasteiger partial charge in [0.15, 0.2) is 0 Å². The first-order valence-electron chi connectivity index (χ1n) is 8.27. The van der Waals surface area contributed by atoms with Crippen molar-refractivity contribution >= 4 is 34.8 Å². The molecule has 130 valence electrons. The molecule has 24 heavy (non-hydrogen) atoms. The fourth-order valence-electron chi connectivity index (χ4n) is 3.44. The molecule has 2 unspecified atom stereocenters. The first-order valence-corrected chi connectivity index (χ1v) is 9.52. The molecular formula is C19H21Cl3O2. The Hall–Kier alpha value is -0.670. The Kier molecular flexibility index (Phi) is 6.51. The fourth-order valence-corrected chi connectivity index (χ4v) is 4.72. The highest BCUT2D eigenvalue weighted by molar-refractivity contribution is 6.31. The monoisotopic (exact) mass is 386 g/mol. The van der Waals surface area contributed by atoms with Gasteiger partial charge in [-0.15, -0.1) is 23.2 Å². The van der Waals surface area contributed by atoms with Crippen LogP contribution in [0.2, 0.25) is 5.02 Å². The summed E-state index contributed by atoms with van der Waals surface area (Å²) in [5.41, 5.74) is 1.16. The van der Waals surface area contributed by atoms with Crippen molar-refractivity contribution in [3.05, 3.63) is 59.0 Å². The molecule has 3 rings (SSSR count). The highest BCUT2D eigenvalue weighted by atomic mass is 35.5. The van der Waals surface area contributed by atoms with Crippen LogP contribution in [0, 0.1) is 11.8 Å². The maximum absolute atomic E-state index is 6.56. The Balaban J connectivity index is 1.56. The van der Waals surface area contributed by atoms with E-state index in [9.17, 15) is 0 Å². The molecule has 2 aromatic rings. The maximum Gasteiger partial charge on any atom is 0.129 e. The van der Waals surface area contributed by atoms with E-state index in [-0.39, 0.29) is 16.7 Å². The van der Waals surface area contributed by atoms with Crippen molar-refractivity contribution < 1.29 is 9.15 Å². The average Bonchev–Trinajstić information content (AvgIpc) is 3.16. The molecule has 1 aliphatic carbocycles. The minimum atomic E-state index is 0.0559. The highest BCUT2D eigenvalue weighted by Crippen LogP contribution is 2.42. The number of aryl methyl sites for hydroxylation is 1. The molecule has 1 fully saturated rings. The standard InChI is InChI=1S/C19H21Cl3O2/c20-17-6-2-1-4-13(17)7-8-15-16(19(22)10-18(15)21)12-23-11-14-5-3-9-24-14/h1-6,9,15-16,18-19H,7-8,10-12H2/t15-,16-,18?,19?/m1/s1. The molecule has 0 N–H and O–H groups in total. The molecule has 2 nitrogen and oxygen atoms in total. The summed E-state index contributed by atoms with van der Waals surface area (Å²) in [7, 11) is 0. The van der Waals surface area contributed by atoms with E-state index in [1.165, 1.54) is 0 Å². The van der Waals surface area contributed by atoms with Crippen LogP contribution in [0.15, 0.2) is 47.1 Å². The van der Waals surface area contributed by atoms with Crippen LogP contribution in [0.3, 0.4) is 0 Å². The minimum Gasteiger partial charge on any atom is -0.467 e. The van der Waals surface area contributed by atoms with E-state index in [0.29, 0.717) is 19.1 Å². The van der Waals surface area contributed by atoms with Gasteiger partial charge >= 0.3 is 0 Å². The van der Waals surface area contributed by atoms with Crippen LogP contribution in [0.4, 0.5) is 0 Å². The first kappa shape index (κ1) is 18.1. The van der Waals surface area contributed by atoms with Crippen LogP contribution in [0.5, 0.6) is 0 Å². The van der Waals surface area contributed by atoms with Gasteiger partial charge < -0.3 is 9.15 Å². The largest absolute Gasteiger partial charge is 0.467 e. The Morgan fingerprint density at radius 3 is 2.58 bits per heavy atom. The van der Waals surface area contributed by atoms with Gasteiger partial charge in [-0.2, -0.15) is 0 Å². The van der Waals surface area contributed by atoms with Crippen molar-refractivity contribution in [2.24, 2.45) is 11.8 Å². The molecule has 1 aliphatic rings. The molecule has 4 atom stereocenters. The van der Waals surface area contributed by atoms with E-state index < -0.39 is 0 Å². The Bertz CT molecular complexity index is 629. The molecule has 1 aromatic heterocycles. The zero-order chi connectivity index (χ0) is 16.9. The van der Waals surface area contributed by atoms with Gasteiger partial charge in [-0.1, -0.05) is 29.8 Å². The summed E-state index contributed by atoms with van der Waals surface area (Å²) in [6, 6.07) is 11.7.